The largest absolute Gasteiger partial charge is 0.465 e. The number of aromatic nitrogens is 4. The van der Waals surface area contributed by atoms with E-state index in [2.05, 4.69) is 40.2 Å². The van der Waals surface area contributed by atoms with Crippen molar-refractivity contribution in [2.24, 2.45) is 17.3 Å². The van der Waals surface area contributed by atoms with Gasteiger partial charge in [-0.25, -0.2) is 14.6 Å². The lowest BCUT2D eigenvalue weighted by Gasteiger charge is -2.24. The third-order valence-electron chi connectivity index (χ3n) is 6.92. The fourth-order valence-electron chi connectivity index (χ4n) is 4.81. The van der Waals surface area contributed by atoms with Gasteiger partial charge in [-0.2, -0.15) is 10.4 Å². The lowest BCUT2D eigenvalue weighted by molar-refractivity contribution is -0.154. The number of nitriles is 1. The molecule has 7 heteroatoms. The van der Waals surface area contributed by atoms with Crippen LogP contribution in [-0.2, 0) is 9.53 Å². The fraction of sp³-hybridized carbons (Fsp3) is 0.519. The molecule has 2 heterocycles. The molecule has 7 nitrogen and oxygen atoms in total. The van der Waals surface area contributed by atoms with Crippen molar-refractivity contribution in [3.8, 4) is 17.3 Å². The summed E-state index contributed by atoms with van der Waals surface area (Å²) in [5.74, 6) is 0.419. The van der Waals surface area contributed by atoms with Crippen LogP contribution in [0.15, 0.2) is 30.9 Å². The Morgan fingerprint density at radius 1 is 1.29 bits per heavy atom. The van der Waals surface area contributed by atoms with Gasteiger partial charge in [-0.15, -0.1) is 0 Å². The maximum Gasteiger partial charge on any atom is 0.311 e. The first-order valence-corrected chi connectivity index (χ1v) is 12.1. The zero-order valence-electron chi connectivity index (χ0n) is 20.5. The molecule has 0 bridgehead atoms. The predicted octanol–water partition coefficient (Wildman–Crippen LogP) is 5.62. The Bertz CT molecular complexity index is 1140. The third-order valence-corrected chi connectivity index (χ3v) is 6.92. The number of fused-ring (bicyclic) bond motifs is 1. The summed E-state index contributed by atoms with van der Waals surface area (Å²) in [6.07, 6.45) is 16.6. The van der Waals surface area contributed by atoms with Gasteiger partial charge in [-0.1, -0.05) is 31.9 Å². The lowest BCUT2D eigenvalue weighted by atomic mass is 9.88. The number of nitrogens with zero attached hydrogens (tertiary/aromatic N) is 5. The minimum atomic E-state index is -0.519. The second-order valence-electron chi connectivity index (χ2n) is 10.4. The van der Waals surface area contributed by atoms with Gasteiger partial charge < -0.3 is 4.74 Å². The monoisotopic (exact) mass is 459 g/mol. The summed E-state index contributed by atoms with van der Waals surface area (Å²) in [7, 11) is 0. The Balaban J connectivity index is 1.60. The van der Waals surface area contributed by atoms with Gasteiger partial charge in [-0.05, 0) is 40.0 Å². The van der Waals surface area contributed by atoms with Gasteiger partial charge >= 0.3 is 5.97 Å². The first-order valence-electron chi connectivity index (χ1n) is 12.1. The Kier molecular flexibility index (Phi) is 6.97. The van der Waals surface area contributed by atoms with E-state index in [0.717, 1.165) is 47.5 Å². The second kappa shape index (κ2) is 9.92. The normalized spacial score (nSPS) is 21.1. The lowest BCUT2D eigenvalue weighted by Crippen LogP contribution is -2.27. The van der Waals surface area contributed by atoms with E-state index in [1.165, 1.54) is 12.8 Å². The molecule has 2 unspecified atom stereocenters. The summed E-state index contributed by atoms with van der Waals surface area (Å²) >= 11 is 0. The Morgan fingerprint density at radius 3 is 2.76 bits per heavy atom. The highest BCUT2D eigenvalue weighted by molar-refractivity contribution is 5.75. The molecule has 2 aliphatic rings. The van der Waals surface area contributed by atoms with Crippen molar-refractivity contribution in [1.82, 2.24) is 19.7 Å². The van der Waals surface area contributed by atoms with Crippen LogP contribution in [0.2, 0.25) is 0 Å². The number of esters is 1. The molecule has 178 valence electrons. The Labute approximate surface area is 201 Å². The molecule has 1 fully saturated rings. The number of ether oxygens (including phenoxy) is 1. The minimum Gasteiger partial charge on any atom is -0.465 e. The van der Waals surface area contributed by atoms with Crippen LogP contribution >= 0.6 is 0 Å². The zero-order chi connectivity index (χ0) is 24.3. The van der Waals surface area contributed by atoms with Crippen molar-refractivity contribution in [2.75, 3.05) is 6.61 Å². The number of rotatable bonds is 5. The molecule has 34 heavy (non-hydrogen) atoms. The summed E-state index contributed by atoms with van der Waals surface area (Å²) in [4.78, 5) is 21.5. The molecule has 0 aliphatic heterocycles. The zero-order valence-corrected chi connectivity index (χ0v) is 20.5. The molecule has 0 spiro atoms. The maximum absolute atomic E-state index is 12.3. The van der Waals surface area contributed by atoms with Gasteiger partial charge in [0.05, 0.1) is 41.4 Å². The van der Waals surface area contributed by atoms with Crippen molar-refractivity contribution in [3.63, 3.8) is 0 Å². The van der Waals surface area contributed by atoms with Crippen molar-refractivity contribution in [3.05, 3.63) is 42.1 Å². The van der Waals surface area contributed by atoms with Gasteiger partial charge in [-0.3, -0.25) is 4.79 Å². The number of allylic oxidation sites excluding steroid dienone is 3. The molecule has 2 aromatic rings. The van der Waals surface area contributed by atoms with Crippen molar-refractivity contribution in [2.45, 2.75) is 65.7 Å². The van der Waals surface area contributed by atoms with E-state index in [1.54, 1.807) is 12.4 Å². The smallest absolute Gasteiger partial charge is 0.311 e. The van der Waals surface area contributed by atoms with Crippen LogP contribution in [0.5, 0.6) is 0 Å². The average molecular weight is 460 g/mol. The van der Waals surface area contributed by atoms with E-state index in [4.69, 9.17) is 4.74 Å². The molecule has 4 rings (SSSR count). The third kappa shape index (κ3) is 4.96. The number of hydrogen-bond donors (Lipinski definition) is 0. The molecular weight excluding hydrogens is 426 g/mol. The topological polar surface area (TPSA) is 93.7 Å². The number of carbonyl (C=O) groups is 1. The molecule has 0 N–H and O–H groups in total. The predicted molar refractivity (Wildman–Crippen MR) is 131 cm³/mol. The van der Waals surface area contributed by atoms with Crippen molar-refractivity contribution >= 4 is 17.7 Å². The van der Waals surface area contributed by atoms with Crippen molar-refractivity contribution in [1.29, 1.82) is 5.26 Å². The molecule has 1 saturated carbocycles. The number of hydrogen-bond acceptors (Lipinski definition) is 6. The first kappa shape index (κ1) is 23.9. The van der Waals surface area contributed by atoms with Gasteiger partial charge in [0.15, 0.2) is 0 Å². The molecule has 0 aromatic carbocycles. The summed E-state index contributed by atoms with van der Waals surface area (Å²) in [5.41, 5.74) is 4.09. The highest BCUT2D eigenvalue weighted by atomic mass is 16.5. The van der Waals surface area contributed by atoms with Crippen LogP contribution in [0.3, 0.4) is 0 Å². The summed E-state index contributed by atoms with van der Waals surface area (Å²) < 4.78 is 7.48. The van der Waals surface area contributed by atoms with E-state index in [-0.39, 0.29) is 17.8 Å². The second-order valence-corrected chi connectivity index (χ2v) is 10.4. The van der Waals surface area contributed by atoms with Crippen LogP contribution < -0.4 is 0 Å². The van der Waals surface area contributed by atoms with Crippen molar-refractivity contribution < 1.29 is 9.53 Å². The highest BCUT2D eigenvalue weighted by Gasteiger charge is 2.30. The van der Waals surface area contributed by atoms with Crippen LogP contribution in [0, 0.1) is 28.6 Å². The number of carbonyl (C=O) groups excluding carboxylic acids is 1. The molecule has 2 aliphatic carbocycles. The molecule has 0 amide bonds. The van der Waals surface area contributed by atoms with E-state index < -0.39 is 5.41 Å². The molecule has 0 radical (unpaired) electrons. The van der Waals surface area contributed by atoms with Crippen LogP contribution in [-0.4, -0.2) is 32.3 Å². The first-order chi connectivity index (χ1) is 16.3. The van der Waals surface area contributed by atoms with Crippen LogP contribution in [0.1, 0.15) is 77.0 Å². The maximum atomic E-state index is 12.3. The average Bonchev–Trinajstić information content (AvgIpc) is 3.48. The molecular formula is C27H33N5O2. The highest BCUT2D eigenvalue weighted by Crippen LogP contribution is 2.37. The SMILES string of the molecule is CC1c2ncnc(-c3cnn(/C(=C\C#N)C4CCCC4)c3)c2C=CCC1COC(=O)C(C)(C)C. The fourth-order valence-corrected chi connectivity index (χ4v) is 4.81. The van der Waals surface area contributed by atoms with Crippen LogP contribution in [0.4, 0.5) is 0 Å². The summed E-state index contributed by atoms with van der Waals surface area (Å²) in [6.45, 7) is 8.09. The van der Waals surface area contributed by atoms with Gasteiger partial charge in [0.1, 0.15) is 6.33 Å². The standard InChI is InChI=1S/C27H33N5O2/c1-18-20(16-34-26(33)27(2,3)4)10-7-11-22-24(18)29-17-30-25(22)21-14-31-32(15-21)23(12-13-28)19-8-5-6-9-19/h7,11-12,14-15,17-20H,5-6,8-10,16H2,1-4H3/b23-12-. The van der Waals surface area contributed by atoms with Gasteiger partial charge in [0.2, 0.25) is 0 Å². The summed E-state index contributed by atoms with van der Waals surface area (Å²) in [6, 6.07) is 2.19. The minimum absolute atomic E-state index is 0.0992. The Hall–Kier alpha value is -3.27. The Morgan fingerprint density at radius 2 is 2.06 bits per heavy atom. The van der Waals surface area contributed by atoms with Crippen LogP contribution in [0.25, 0.3) is 23.0 Å². The quantitative estimate of drug-likeness (QED) is 0.425. The van der Waals surface area contributed by atoms with E-state index >= 15 is 0 Å². The van der Waals surface area contributed by atoms with E-state index in [1.807, 2.05) is 37.8 Å². The van der Waals surface area contributed by atoms with Gasteiger partial charge in [0, 0.05) is 41.2 Å². The van der Waals surface area contributed by atoms with E-state index in [9.17, 15) is 10.1 Å². The van der Waals surface area contributed by atoms with Gasteiger partial charge in [0.25, 0.3) is 0 Å². The molecule has 2 atom stereocenters. The van der Waals surface area contributed by atoms with E-state index in [0.29, 0.717) is 12.5 Å². The molecule has 0 saturated heterocycles. The summed E-state index contributed by atoms with van der Waals surface area (Å²) in [5, 5.41) is 13.9. The molecule has 2 aromatic heterocycles.